The molecule has 5 heteroatoms. The van der Waals surface area contributed by atoms with Crippen molar-refractivity contribution < 1.29 is 14.7 Å². The first-order valence-electron chi connectivity index (χ1n) is 6.76. The average Bonchev–Trinajstić information content (AvgIpc) is 2.39. The first kappa shape index (κ1) is 16.2. The van der Waals surface area contributed by atoms with Crippen molar-refractivity contribution in [3.05, 3.63) is 29.8 Å². The molecule has 0 aliphatic rings. The van der Waals surface area contributed by atoms with Crippen LogP contribution >= 0.6 is 0 Å². The minimum Gasteiger partial charge on any atom is -0.481 e. The predicted molar refractivity (Wildman–Crippen MR) is 78.6 cm³/mol. The second kappa shape index (κ2) is 7.65. The monoisotopic (exact) mass is 278 g/mol. The molecule has 1 aromatic rings. The van der Waals surface area contributed by atoms with Crippen LogP contribution < -0.4 is 11.1 Å². The number of anilines is 1. The summed E-state index contributed by atoms with van der Waals surface area (Å²) in [5.74, 6) is -1.04. The van der Waals surface area contributed by atoms with Crippen molar-refractivity contribution in [3.63, 3.8) is 0 Å². The van der Waals surface area contributed by atoms with Gasteiger partial charge in [-0.05, 0) is 36.6 Å². The number of carbonyl (C=O) groups excluding carboxylic acids is 1. The molecule has 2 atom stereocenters. The number of nitrogens with one attached hydrogen (secondary N) is 1. The van der Waals surface area contributed by atoms with Gasteiger partial charge in [-0.15, -0.1) is 0 Å². The quantitative estimate of drug-likeness (QED) is 0.712. The van der Waals surface area contributed by atoms with Gasteiger partial charge in [0.2, 0.25) is 5.91 Å². The maximum atomic E-state index is 11.8. The molecule has 20 heavy (non-hydrogen) atoms. The van der Waals surface area contributed by atoms with Crippen LogP contribution in [-0.2, 0) is 9.59 Å². The molecule has 110 valence electrons. The SMILES string of the molecule is CC(CCN)C(=O)Nc1ccc(C(C)CC(=O)O)cc1. The molecule has 0 bridgehead atoms. The summed E-state index contributed by atoms with van der Waals surface area (Å²) in [4.78, 5) is 22.5. The van der Waals surface area contributed by atoms with Gasteiger partial charge in [0.05, 0.1) is 6.42 Å². The summed E-state index contributed by atoms with van der Waals surface area (Å²) in [6.45, 7) is 4.19. The molecule has 0 fully saturated rings. The van der Waals surface area contributed by atoms with Gasteiger partial charge in [0.1, 0.15) is 0 Å². The van der Waals surface area contributed by atoms with Gasteiger partial charge in [0.15, 0.2) is 0 Å². The van der Waals surface area contributed by atoms with E-state index in [1.54, 1.807) is 12.1 Å². The number of aliphatic carboxylic acids is 1. The molecule has 0 saturated carbocycles. The number of carbonyl (C=O) groups is 2. The van der Waals surface area contributed by atoms with E-state index in [1.165, 1.54) is 0 Å². The van der Waals surface area contributed by atoms with Crippen molar-refractivity contribution >= 4 is 17.6 Å². The Hall–Kier alpha value is -1.88. The molecule has 0 heterocycles. The summed E-state index contributed by atoms with van der Waals surface area (Å²) in [6, 6.07) is 7.27. The van der Waals surface area contributed by atoms with E-state index >= 15 is 0 Å². The predicted octanol–water partition coefficient (Wildman–Crippen LogP) is 2.19. The lowest BCUT2D eigenvalue weighted by Gasteiger charge is -2.13. The van der Waals surface area contributed by atoms with Crippen LogP contribution in [0.4, 0.5) is 5.69 Å². The molecule has 0 saturated heterocycles. The Bertz CT molecular complexity index is 457. The number of hydrogen-bond acceptors (Lipinski definition) is 3. The summed E-state index contributed by atoms with van der Waals surface area (Å²) >= 11 is 0. The van der Waals surface area contributed by atoms with E-state index in [1.807, 2.05) is 26.0 Å². The molecule has 0 aliphatic carbocycles. The van der Waals surface area contributed by atoms with Crippen molar-refractivity contribution in [2.24, 2.45) is 11.7 Å². The molecule has 0 aromatic heterocycles. The van der Waals surface area contributed by atoms with Crippen molar-refractivity contribution in [2.45, 2.75) is 32.6 Å². The fourth-order valence-electron chi connectivity index (χ4n) is 1.92. The van der Waals surface area contributed by atoms with Gasteiger partial charge in [-0.3, -0.25) is 9.59 Å². The van der Waals surface area contributed by atoms with Gasteiger partial charge >= 0.3 is 5.97 Å². The minimum absolute atomic E-state index is 0.0478. The summed E-state index contributed by atoms with van der Waals surface area (Å²) < 4.78 is 0. The van der Waals surface area contributed by atoms with Gasteiger partial charge in [-0.1, -0.05) is 26.0 Å². The lowest BCUT2D eigenvalue weighted by molar-refractivity contribution is -0.137. The van der Waals surface area contributed by atoms with Crippen LogP contribution in [0, 0.1) is 5.92 Å². The fraction of sp³-hybridized carbons (Fsp3) is 0.467. The first-order chi connectivity index (χ1) is 9.43. The van der Waals surface area contributed by atoms with Crippen LogP contribution in [-0.4, -0.2) is 23.5 Å². The highest BCUT2D eigenvalue weighted by Gasteiger charge is 2.13. The minimum atomic E-state index is -0.814. The van der Waals surface area contributed by atoms with Crippen molar-refractivity contribution in [1.82, 2.24) is 0 Å². The molecule has 5 nitrogen and oxygen atoms in total. The van der Waals surface area contributed by atoms with Crippen LogP contribution in [0.1, 0.15) is 38.2 Å². The number of carboxylic acid groups (broad SMARTS) is 1. The maximum absolute atomic E-state index is 11.8. The Labute approximate surface area is 119 Å². The summed E-state index contributed by atoms with van der Waals surface area (Å²) in [5, 5.41) is 11.6. The Morgan fingerprint density at radius 1 is 1.25 bits per heavy atom. The van der Waals surface area contributed by atoms with Crippen molar-refractivity contribution in [1.29, 1.82) is 0 Å². The molecular formula is C15H22N2O3. The van der Waals surface area contributed by atoms with Crippen molar-refractivity contribution in [2.75, 3.05) is 11.9 Å². The fourth-order valence-corrected chi connectivity index (χ4v) is 1.92. The zero-order valence-corrected chi connectivity index (χ0v) is 11.9. The first-order valence-corrected chi connectivity index (χ1v) is 6.76. The van der Waals surface area contributed by atoms with Gasteiger partial charge in [0.25, 0.3) is 0 Å². The summed E-state index contributed by atoms with van der Waals surface area (Å²) in [7, 11) is 0. The normalized spacial score (nSPS) is 13.6. The molecule has 4 N–H and O–H groups in total. The number of hydrogen-bond donors (Lipinski definition) is 3. The molecule has 1 rings (SSSR count). The third-order valence-corrected chi connectivity index (χ3v) is 3.28. The third kappa shape index (κ3) is 5.01. The smallest absolute Gasteiger partial charge is 0.303 e. The second-order valence-corrected chi connectivity index (χ2v) is 5.09. The van der Waals surface area contributed by atoms with Gasteiger partial charge in [-0.2, -0.15) is 0 Å². The Morgan fingerprint density at radius 3 is 2.35 bits per heavy atom. The molecule has 0 aliphatic heterocycles. The third-order valence-electron chi connectivity index (χ3n) is 3.28. The largest absolute Gasteiger partial charge is 0.481 e. The van der Waals surface area contributed by atoms with Crippen LogP contribution in [0.2, 0.25) is 0 Å². The van der Waals surface area contributed by atoms with Gasteiger partial charge in [-0.25, -0.2) is 0 Å². The highest BCUT2D eigenvalue weighted by Crippen LogP contribution is 2.21. The lowest BCUT2D eigenvalue weighted by Crippen LogP contribution is -2.22. The van der Waals surface area contributed by atoms with E-state index in [9.17, 15) is 9.59 Å². The maximum Gasteiger partial charge on any atom is 0.303 e. The Kier molecular flexibility index (Phi) is 6.18. The van der Waals surface area contributed by atoms with Crippen LogP contribution in [0.5, 0.6) is 0 Å². The molecule has 0 radical (unpaired) electrons. The van der Waals surface area contributed by atoms with Crippen molar-refractivity contribution in [3.8, 4) is 0 Å². The summed E-state index contributed by atoms with van der Waals surface area (Å²) in [5.41, 5.74) is 7.08. The van der Waals surface area contributed by atoms with E-state index in [4.69, 9.17) is 10.8 Å². The zero-order valence-electron chi connectivity index (χ0n) is 11.9. The number of carboxylic acids is 1. The molecule has 0 spiro atoms. The molecule has 1 amide bonds. The van der Waals surface area contributed by atoms with E-state index < -0.39 is 5.97 Å². The number of benzene rings is 1. The van der Waals surface area contributed by atoms with Gasteiger partial charge < -0.3 is 16.2 Å². The van der Waals surface area contributed by atoms with Crippen LogP contribution in [0.3, 0.4) is 0 Å². The van der Waals surface area contributed by atoms with E-state index in [0.29, 0.717) is 18.7 Å². The van der Waals surface area contributed by atoms with Crippen LogP contribution in [0.15, 0.2) is 24.3 Å². The Morgan fingerprint density at radius 2 is 1.85 bits per heavy atom. The molecule has 1 aromatic carbocycles. The highest BCUT2D eigenvalue weighted by molar-refractivity contribution is 5.92. The topological polar surface area (TPSA) is 92.4 Å². The second-order valence-electron chi connectivity index (χ2n) is 5.09. The average molecular weight is 278 g/mol. The Balaban J connectivity index is 2.62. The van der Waals surface area contributed by atoms with Gasteiger partial charge in [0, 0.05) is 11.6 Å². The van der Waals surface area contributed by atoms with Crippen LogP contribution in [0.25, 0.3) is 0 Å². The van der Waals surface area contributed by atoms with E-state index in [-0.39, 0.29) is 24.2 Å². The standard InChI is InChI=1S/C15H22N2O3/c1-10(7-8-16)15(20)17-13-5-3-12(4-6-13)11(2)9-14(18)19/h3-6,10-11H,7-9,16H2,1-2H3,(H,17,20)(H,18,19). The number of rotatable bonds is 7. The lowest BCUT2D eigenvalue weighted by atomic mass is 9.97. The zero-order chi connectivity index (χ0) is 15.1. The molecule has 2 unspecified atom stereocenters. The molecular weight excluding hydrogens is 256 g/mol. The number of nitrogens with two attached hydrogens (primary N) is 1. The van der Waals surface area contributed by atoms with E-state index in [0.717, 1.165) is 5.56 Å². The number of amides is 1. The highest BCUT2D eigenvalue weighted by atomic mass is 16.4. The van der Waals surface area contributed by atoms with E-state index in [2.05, 4.69) is 5.32 Å². The summed E-state index contributed by atoms with van der Waals surface area (Å²) in [6.07, 6.45) is 0.749.